The molecule has 2 aromatic carbocycles. The van der Waals surface area contributed by atoms with E-state index in [2.05, 4.69) is 26.7 Å². The fourth-order valence-electron chi connectivity index (χ4n) is 3.36. The van der Waals surface area contributed by atoms with Crippen LogP contribution in [0.15, 0.2) is 45.8 Å². The first-order valence-corrected chi connectivity index (χ1v) is 12.8. The molecule has 1 aliphatic rings. The van der Waals surface area contributed by atoms with E-state index in [0.29, 0.717) is 46.9 Å². The molecule has 34 heavy (non-hydrogen) atoms. The van der Waals surface area contributed by atoms with Crippen LogP contribution < -0.4 is 9.47 Å². The second kappa shape index (κ2) is 12.4. The number of carbonyl (C=O) groups is 2. The number of thioether (sulfide) groups is 1. The molecule has 0 atom stereocenters. The molecule has 0 spiro atoms. The SMILES string of the molecule is CCOc1cc(/C=C2/SC(=S)N(CCCC(=O)OC)C2=O)cc(Br)c1OCc1cccc(C)c1. The molecular formula is C25H26BrNO5S2. The third kappa shape index (κ3) is 6.84. The zero-order chi connectivity index (χ0) is 24.7. The third-order valence-electron chi connectivity index (χ3n) is 4.96. The van der Waals surface area contributed by atoms with Crippen LogP contribution in [0.3, 0.4) is 0 Å². The van der Waals surface area contributed by atoms with Crippen molar-refractivity contribution in [2.75, 3.05) is 20.3 Å². The van der Waals surface area contributed by atoms with Crippen molar-refractivity contribution >= 4 is 62.2 Å². The van der Waals surface area contributed by atoms with E-state index in [1.807, 2.05) is 44.2 Å². The number of esters is 1. The Bertz CT molecular complexity index is 1120. The van der Waals surface area contributed by atoms with Crippen LogP contribution in [0.1, 0.15) is 36.5 Å². The van der Waals surface area contributed by atoms with Gasteiger partial charge in [0.25, 0.3) is 5.91 Å². The lowest BCUT2D eigenvalue weighted by Gasteiger charge is -2.15. The first-order chi connectivity index (χ1) is 16.3. The van der Waals surface area contributed by atoms with Gasteiger partial charge in [-0.1, -0.05) is 53.8 Å². The lowest BCUT2D eigenvalue weighted by Crippen LogP contribution is -2.29. The first-order valence-electron chi connectivity index (χ1n) is 10.8. The Balaban J connectivity index is 1.77. The molecule has 3 rings (SSSR count). The van der Waals surface area contributed by atoms with Crippen molar-refractivity contribution in [1.29, 1.82) is 0 Å². The first kappa shape index (κ1) is 26.2. The largest absolute Gasteiger partial charge is 0.490 e. The van der Waals surface area contributed by atoms with E-state index in [-0.39, 0.29) is 18.3 Å². The average Bonchev–Trinajstić information content (AvgIpc) is 3.06. The Morgan fingerprint density at radius 2 is 2.03 bits per heavy atom. The number of amides is 1. The lowest BCUT2D eigenvalue weighted by molar-refractivity contribution is -0.141. The topological polar surface area (TPSA) is 65.1 Å². The number of thiocarbonyl (C=S) groups is 1. The van der Waals surface area contributed by atoms with E-state index >= 15 is 0 Å². The molecule has 0 aromatic heterocycles. The van der Waals surface area contributed by atoms with Crippen LogP contribution in [-0.2, 0) is 20.9 Å². The van der Waals surface area contributed by atoms with E-state index in [0.717, 1.165) is 15.6 Å². The Morgan fingerprint density at radius 3 is 2.74 bits per heavy atom. The lowest BCUT2D eigenvalue weighted by atomic mass is 10.1. The average molecular weight is 565 g/mol. The number of halogens is 1. The molecule has 1 heterocycles. The highest BCUT2D eigenvalue weighted by Crippen LogP contribution is 2.40. The minimum Gasteiger partial charge on any atom is -0.490 e. The monoisotopic (exact) mass is 563 g/mol. The van der Waals surface area contributed by atoms with Crippen LogP contribution >= 0.6 is 39.9 Å². The maximum Gasteiger partial charge on any atom is 0.305 e. The zero-order valence-corrected chi connectivity index (χ0v) is 22.5. The maximum absolute atomic E-state index is 12.9. The number of nitrogens with zero attached hydrogens (tertiary/aromatic N) is 1. The fraction of sp³-hybridized carbons (Fsp3) is 0.320. The molecule has 1 saturated heterocycles. The summed E-state index contributed by atoms with van der Waals surface area (Å²) in [4.78, 5) is 26.3. The Hall–Kier alpha value is -2.36. The van der Waals surface area contributed by atoms with Crippen molar-refractivity contribution < 1.29 is 23.8 Å². The second-order valence-electron chi connectivity index (χ2n) is 7.55. The molecule has 2 aromatic rings. The van der Waals surface area contributed by atoms with Crippen LogP contribution in [-0.4, -0.2) is 41.4 Å². The normalized spacial score (nSPS) is 14.6. The van der Waals surface area contributed by atoms with Crippen molar-refractivity contribution in [2.45, 2.75) is 33.3 Å². The van der Waals surface area contributed by atoms with Gasteiger partial charge in [0.15, 0.2) is 11.5 Å². The summed E-state index contributed by atoms with van der Waals surface area (Å²) in [6.45, 7) is 5.20. The number of carbonyl (C=O) groups excluding carboxylic acids is 2. The molecule has 0 aliphatic carbocycles. The summed E-state index contributed by atoms with van der Waals surface area (Å²) < 4.78 is 17.8. The summed E-state index contributed by atoms with van der Waals surface area (Å²) >= 11 is 10.2. The van der Waals surface area contributed by atoms with E-state index in [9.17, 15) is 9.59 Å². The highest BCUT2D eigenvalue weighted by molar-refractivity contribution is 9.10. The van der Waals surface area contributed by atoms with Gasteiger partial charge < -0.3 is 14.2 Å². The molecule has 0 unspecified atom stereocenters. The number of aryl methyl sites for hydroxylation is 1. The van der Waals surface area contributed by atoms with Gasteiger partial charge in [-0.15, -0.1) is 0 Å². The maximum atomic E-state index is 12.9. The number of benzene rings is 2. The van der Waals surface area contributed by atoms with Gasteiger partial charge >= 0.3 is 5.97 Å². The van der Waals surface area contributed by atoms with Gasteiger partial charge in [0, 0.05) is 13.0 Å². The molecule has 1 aliphatic heterocycles. The van der Waals surface area contributed by atoms with Crippen LogP contribution in [0.5, 0.6) is 11.5 Å². The highest BCUT2D eigenvalue weighted by atomic mass is 79.9. The van der Waals surface area contributed by atoms with Gasteiger partial charge in [-0.3, -0.25) is 14.5 Å². The highest BCUT2D eigenvalue weighted by Gasteiger charge is 2.31. The molecule has 0 radical (unpaired) electrons. The van der Waals surface area contributed by atoms with Crippen molar-refractivity contribution in [3.63, 3.8) is 0 Å². The van der Waals surface area contributed by atoms with Gasteiger partial charge in [-0.2, -0.15) is 0 Å². The van der Waals surface area contributed by atoms with E-state index in [1.54, 1.807) is 6.08 Å². The number of hydrogen-bond donors (Lipinski definition) is 0. The molecule has 0 N–H and O–H groups in total. The Labute approximate surface area is 217 Å². The molecule has 9 heteroatoms. The van der Waals surface area contributed by atoms with Crippen LogP contribution in [0.2, 0.25) is 0 Å². The van der Waals surface area contributed by atoms with E-state index < -0.39 is 0 Å². The minimum atomic E-state index is -0.306. The summed E-state index contributed by atoms with van der Waals surface area (Å²) in [6, 6.07) is 11.9. The van der Waals surface area contributed by atoms with Gasteiger partial charge in [-0.05, 0) is 65.5 Å². The van der Waals surface area contributed by atoms with Gasteiger partial charge in [-0.25, -0.2) is 0 Å². The van der Waals surface area contributed by atoms with Crippen LogP contribution in [0.25, 0.3) is 6.08 Å². The number of rotatable bonds is 10. The van der Waals surface area contributed by atoms with Crippen molar-refractivity contribution in [3.8, 4) is 11.5 Å². The third-order valence-corrected chi connectivity index (χ3v) is 6.93. The van der Waals surface area contributed by atoms with Crippen LogP contribution in [0.4, 0.5) is 0 Å². The van der Waals surface area contributed by atoms with E-state index in [4.69, 9.17) is 21.7 Å². The molecule has 1 fully saturated rings. The number of methoxy groups -OCH3 is 1. The smallest absolute Gasteiger partial charge is 0.305 e. The summed E-state index contributed by atoms with van der Waals surface area (Å²) in [5, 5.41) is 0. The van der Waals surface area contributed by atoms with Gasteiger partial charge in [0.2, 0.25) is 0 Å². The predicted octanol–water partition coefficient (Wildman–Crippen LogP) is 5.89. The Morgan fingerprint density at radius 1 is 1.24 bits per heavy atom. The standard InChI is InChI=1S/C25H26BrNO5S2/c1-4-31-20-13-18(12-19(26)23(20)32-15-17-8-5-7-16(2)11-17)14-21-24(29)27(25(33)34-21)10-6-9-22(28)30-3/h5,7-8,11-14H,4,6,9-10,15H2,1-3H3/b21-14+. The van der Waals surface area contributed by atoms with Crippen LogP contribution in [0, 0.1) is 6.92 Å². The van der Waals surface area contributed by atoms with Crippen molar-refractivity contribution in [1.82, 2.24) is 4.90 Å². The molecule has 1 amide bonds. The minimum absolute atomic E-state index is 0.172. The summed E-state index contributed by atoms with van der Waals surface area (Å²) in [6.07, 6.45) is 2.51. The predicted molar refractivity (Wildman–Crippen MR) is 142 cm³/mol. The number of ether oxygens (including phenoxy) is 3. The quantitative estimate of drug-likeness (QED) is 0.203. The summed E-state index contributed by atoms with van der Waals surface area (Å²) in [5.74, 6) is 0.716. The molecule has 0 bridgehead atoms. The molecular weight excluding hydrogens is 538 g/mol. The Kier molecular flexibility index (Phi) is 9.55. The van der Waals surface area contributed by atoms with Gasteiger partial charge in [0.1, 0.15) is 10.9 Å². The second-order valence-corrected chi connectivity index (χ2v) is 10.1. The zero-order valence-electron chi connectivity index (χ0n) is 19.3. The summed E-state index contributed by atoms with van der Waals surface area (Å²) in [5.41, 5.74) is 3.02. The molecule has 180 valence electrons. The molecule has 0 saturated carbocycles. The molecule has 6 nitrogen and oxygen atoms in total. The number of hydrogen-bond acceptors (Lipinski definition) is 7. The summed E-state index contributed by atoms with van der Waals surface area (Å²) in [7, 11) is 1.35. The van der Waals surface area contributed by atoms with Crippen molar-refractivity contribution in [2.24, 2.45) is 0 Å². The van der Waals surface area contributed by atoms with Crippen molar-refractivity contribution in [3.05, 3.63) is 62.5 Å². The van der Waals surface area contributed by atoms with Gasteiger partial charge in [0.05, 0.1) is 23.1 Å². The van der Waals surface area contributed by atoms with E-state index in [1.165, 1.54) is 29.3 Å². The fourth-order valence-corrected chi connectivity index (χ4v) is 5.24.